The molecule has 0 saturated carbocycles. The zero-order chi connectivity index (χ0) is 15.3. The molecule has 0 saturated heterocycles. The highest BCUT2D eigenvalue weighted by Crippen LogP contribution is 2.31. The van der Waals surface area contributed by atoms with E-state index in [-0.39, 0.29) is 26.6 Å². The lowest BCUT2D eigenvalue weighted by atomic mass is 10.0. The Morgan fingerprint density at radius 3 is 2.29 bits per heavy atom. The van der Waals surface area contributed by atoms with Crippen LogP contribution in [0.3, 0.4) is 0 Å². The molecule has 2 aromatic rings. The van der Waals surface area contributed by atoms with Crippen LogP contribution >= 0.6 is 11.6 Å². The van der Waals surface area contributed by atoms with Gasteiger partial charge in [-0.15, -0.1) is 0 Å². The molecule has 21 heavy (non-hydrogen) atoms. The van der Waals surface area contributed by atoms with Gasteiger partial charge in [-0.2, -0.15) is 4.74 Å². The van der Waals surface area contributed by atoms with E-state index in [1.165, 1.54) is 18.2 Å². The zero-order valence-electron chi connectivity index (χ0n) is 10.2. The van der Waals surface area contributed by atoms with Crippen LogP contribution in [0.25, 0.3) is 0 Å². The molecular formula is C14H5ClF3NO2. The molecule has 3 rings (SSSR count). The van der Waals surface area contributed by atoms with Crippen LogP contribution in [0.2, 0.25) is 5.02 Å². The summed E-state index contributed by atoms with van der Waals surface area (Å²) in [6.45, 7) is 0. The van der Waals surface area contributed by atoms with E-state index in [4.69, 9.17) is 11.6 Å². The van der Waals surface area contributed by atoms with Crippen molar-refractivity contribution < 1.29 is 22.7 Å². The van der Waals surface area contributed by atoms with Crippen LogP contribution in [0.15, 0.2) is 30.3 Å². The molecule has 0 aliphatic carbocycles. The average molecular weight is 312 g/mol. The van der Waals surface area contributed by atoms with E-state index in [0.717, 1.165) is 0 Å². The molecule has 0 atom stereocenters. The van der Waals surface area contributed by atoms with Crippen molar-refractivity contribution >= 4 is 28.8 Å². The smallest absolute Gasteiger partial charge is 0.273 e. The summed E-state index contributed by atoms with van der Waals surface area (Å²) in [5, 5.41) is 12.3. The Labute approximate surface area is 121 Å². The summed E-state index contributed by atoms with van der Waals surface area (Å²) in [5.41, 5.74) is -0.772. The summed E-state index contributed by atoms with van der Waals surface area (Å²) >= 11 is 5.75. The van der Waals surface area contributed by atoms with Crippen molar-refractivity contribution in [2.45, 2.75) is 0 Å². The Bertz CT molecular complexity index is 810. The summed E-state index contributed by atoms with van der Waals surface area (Å²) in [5.74, 6) is -5.35. The summed E-state index contributed by atoms with van der Waals surface area (Å²) < 4.78 is 39.7. The van der Waals surface area contributed by atoms with Crippen molar-refractivity contribution in [3.8, 4) is 0 Å². The van der Waals surface area contributed by atoms with Gasteiger partial charge < -0.3 is 5.21 Å². The van der Waals surface area contributed by atoms with E-state index in [1.807, 2.05) is 0 Å². The van der Waals surface area contributed by atoms with Gasteiger partial charge in [0.2, 0.25) is 5.69 Å². The number of hydrogen-bond donors (Lipinski definition) is 0. The fourth-order valence-corrected chi connectivity index (χ4v) is 2.32. The van der Waals surface area contributed by atoms with Gasteiger partial charge in [0.1, 0.15) is 5.56 Å². The maximum atomic E-state index is 13.3. The maximum Gasteiger partial charge on any atom is 0.273 e. The van der Waals surface area contributed by atoms with Gasteiger partial charge in [0.25, 0.3) is 11.5 Å². The maximum absolute atomic E-state index is 13.3. The van der Waals surface area contributed by atoms with Gasteiger partial charge in [-0.25, -0.2) is 13.2 Å². The first-order valence-electron chi connectivity index (χ1n) is 5.73. The van der Waals surface area contributed by atoms with Crippen molar-refractivity contribution in [3.05, 3.63) is 69.1 Å². The number of halogens is 4. The Morgan fingerprint density at radius 1 is 1.05 bits per heavy atom. The molecule has 0 spiro atoms. The van der Waals surface area contributed by atoms with E-state index >= 15 is 0 Å². The number of Topliss-reactive ketones (excluding diaryl/α,β-unsaturated/α-hetero) is 1. The van der Waals surface area contributed by atoms with Crippen molar-refractivity contribution in [2.75, 3.05) is 0 Å². The van der Waals surface area contributed by atoms with E-state index in [9.17, 15) is 23.2 Å². The molecule has 0 amide bonds. The third-order valence-electron chi connectivity index (χ3n) is 3.10. The molecule has 106 valence electrons. The van der Waals surface area contributed by atoms with Crippen molar-refractivity contribution in [3.63, 3.8) is 0 Å². The quantitative estimate of drug-likeness (QED) is 0.459. The molecule has 1 aliphatic rings. The van der Waals surface area contributed by atoms with E-state index in [2.05, 4.69) is 0 Å². The minimum Gasteiger partial charge on any atom is -0.618 e. The third kappa shape index (κ3) is 1.99. The molecule has 1 heterocycles. The number of hydrogen-bond acceptors (Lipinski definition) is 2. The number of benzene rings is 2. The van der Waals surface area contributed by atoms with Crippen LogP contribution in [0, 0.1) is 22.7 Å². The van der Waals surface area contributed by atoms with Gasteiger partial charge in [-0.3, -0.25) is 4.79 Å². The van der Waals surface area contributed by atoms with Crippen LogP contribution in [0.1, 0.15) is 15.9 Å². The molecule has 0 unspecified atom stereocenters. The van der Waals surface area contributed by atoms with Gasteiger partial charge in [-0.1, -0.05) is 11.6 Å². The highest BCUT2D eigenvalue weighted by atomic mass is 35.5. The fraction of sp³-hybridized carbons (Fsp3) is 0. The fourth-order valence-electron chi connectivity index (χ4n) is 2.15. The standard InChI is InChI=1S/C14H5ClF3NO2/c15-7-1-2-11-8(5-7)14(20)13(19(11)21)6-3-9(16)12(18)10(17)4-6/h1-5H. The zero-order valence-corrected chi connectivity index (χ0v) is 10.9. The molecule has 1 aliphatic heterocycles. The van der Waals surface area contributed by atoms with Crippen molar-refractivity contribution in [2.24, 2.45) is 0 Å². The Kier molecular flexibility index (Phi) is 2.98. The third-order valence-corrected chi connectivity index (χ3v) is 3.33. The topological polar surface area (TPSA) is 43.1 Å². The second-order valence-corrected chi connectivity index (χ2v) is 4.82. The highest BCUT2D eigenvalue weighted by Gasteiger charge is 2.37. The molecule has 2 aromatic carbocycles. The molecule has 0 fully saturated rings. The summed E-state index contributed by atoms with van der Waals surface area (Å²) in [4.78, 5) is 12.2. The van der Waals surface area contributed by atoms with Gasteiger partial charge >= 0.3 is 0 Å². The minimum atomic E-state index is -1.66. The molecule has 7 heteroatoms. The van der Waals surface area contributed by atoms with Crippen LogP contribution in [-0.2, 0) is 0 Å². The van der Waals surface area contributed by atoms with E-state index in [1.54, 1.807) is 0 Å². The molecule has 0 bridgehead atoms. The van der Waals surface area contributed by atoms with Crippen LogP contribution < -0.4 is 0 Å². The normalized spacial score (nSPS) is 13.8. The summed E-state index contributed by atoms with van der Waals surface area (Å²) in [7, 11) is 0. The number of nitrogens with zero attached hydrogens (tertiary/aromatic N) is 1. The summed E-state index contributed by atoms with van der Waals surface area (Å²) in [6, 6.07) is 5.22. The molecule has 3 nitrogen and oxygen atoms in total. The molecule has 0 radical (unpaired) electrons. The van der Waals surface area contributed by atoms with Gasteiger partial charge in [-0.05, 0) is 24.3 Å². The minimum absolute atomic E-state index is 0.0181. The van der Waals surface area contributed by atoms with E-state index in [0.29, 0.717) is 12.1 Å². The number of carbonyl (C=O) groups is 1. The predicted octanol–water partition coefficient (Wildman–Crippen LogP) is 3.58. The second kappa shape index (κ2) is 4.60. The van der Waals surface area contributed by atoms with Crippen LogP contribution in [0.4, 0.5) is 18.9 Å². The number of fused-ring (bicyclic) bond motifs is 1. The SMILES string of the molecule is O=C1C(c2cc(F)c(F)c(F)c2)=[N+]([O-])c2ccc(Cl)cc21. The second-order valence-electron chi connectivity index (χ2n) is 4.39. The molecule has 0 N–H and O–H groups in total. The molecule has 0 aromatic heterocycles. The highest BCUT2D eigenvalue weighted by molar-refractivity contribution is 6.52. The number of rotatable bonds is 1. The lowest BCUT2D eigenvalue weighted by molar-refractivity contribution is -0.355. The Balaban J connectivity index is 2.21. The first-order valence-corrected chi connectivity index (χ1v) is 6.11. The monoisotopic (exact) mass is 311 g/mol. The average Bonchev–Trinajstić information content (AvgIpc) is 2.67. The molecular weight excluding hydrogens is 307 g/mol. The predicted molar refractivity (Wildman–Crippen MR) is 69.5 cm³/mol. The lowest BCUT2D eigenvalue weighted by Crippen LogP contribution is -2.17. The Hall–Kier alpha value is -2.34. The largest absolute Gasteiger partial charge is 0.618 e. The number of carbonyl (C=O) groups excluding carboxylic acids is 1. The lowest BCUT2D eigenvalue weighted by Gasteiger charge is -2.03. The van der Waals surface area contributed by atoms with Gasteiger partial charge in [0, 0.05) is 11.1 Å². The number of ketones is 1. The van der Waals surface area contributed by atoms with E-state index < -0.39 is 28.9 Å². The van der Waals surface area contributed by atoms with Crippen molar-refractivity contribution in [1.29, 1.82) is 0 Å². The first kappa shape index (κ1) is 13.6. The van der Waals surface area contributed by atoms with Crippen LogP contribution in [0.5, 0.6) is 0 Å². The van der Waals surface area contributed by atoms with Crippen molar-refractivity contribution in [1.82, 2.24) is 0 Å². The van der Waals surface area contributed by atoms with Gasteiger partial charge in [0.05, 0.1) is 5.56 Å². The van der Waals surface area contributed by atoms with Gasteiger partial charge in [0.15, 0.2) is 17.5 Å². The first-order chi connectivity index (χ1) is 9.90. The Morgan fingerprint density at radius 2 is 1.67 bits per heavy atom. The summed E-state index contributed by atoms with van der Waals surface area (Å²) in [6.07, 6.45) is 0. The van der Waals surface area contributed by atoms with Crippen LogP contribution in [-0.4, -0.2) is 16.2 Å².